The second kappa shape index (κ2) is 8.59. The minimum atomic E-state index is -3.52. The number of rotatable bonds is 6. The van der Waals surface area contributed by atoms with Gasteiger partial charge in [-0.3, -0.25) is 4.79 Å². The van der Waals surface area contributed by atoms with Gasteiger partial charge in [-0.25, -0.2) is 8.42 Å². The molecular formula is C20H21ClN2O3S2. The van der Waals surface area contributed by atoms with E-state index in [-0.39, 0.29) is 17.1 Å². The number of thiazole rings is 1. The molecule has 2 aromatic carbocycles. The first kappa shape index (κ1) is 20.8. The van der Waals surface area contributed by atoms with Gasteiger partial charge in [-0.05, 0) is 43.7 Å². The molecule has 0 fully saturated rings. The summed E-state index contributed by atoms with van der Waals surface area (Å²) in [6.45, 7) is 4.66. The van der Waals surface area contributed by atoms with Crippen LogP contribution in [0.4, 0.5) is 0 Å². The fourth-order valence-corrected chi connectivity index (χ4v) is 5.40. The smallest absolute Gasteiger partial charge is 0.249 e. The number of hydrogen-bond donors (Lipinski definition) is 0. The van der Waals surface area contributed by atoms with Gasteiger partial charge in [-0.2, -0.15) is 4.99 Å². The lowest BCUT2D eigenvalue weighted by Crippen LogP contribution is -2.18. The highest BCUT2D eigenvalue weighted by Gasteiger charge is 2.16. The number of nitrogens with zero attached hydrogens (tertiary/aromatic N) is 2. The van der Waals surface area contributed by atoms with Crippen LogP contribution in [0, 0.1) is 6.92 Å². The van der Waals surface area contributed by atoms with Crippen LogP contribution in [0.25, 0.3) is 10.2 Å². The van der Waals surface area contributed by atoms with E-state index in [1.807, 2.05) is 36.6 Å². The van der Waals surface area contributed by atoms with Gasteiger partial charge in [0, 0.05) is 18.0 Å². The van der Waals surface area contributed by atoms with E-state index in [0.29, 0.717) is 9.82 Å². The number of hydrogen-bond acceptors (Lipinski definition) is 4. The third-order valence-electron chi connectivity index (χ3n) is 4.28. The van der Waals surface area contributed by atoms with Crippen LogP contribution in [0.5, 0.6) is 0 Å². The van der Waals surface area contributed by atoms with Crippen LogP contribution in [0.15, 0.2) is 52.4 Å². The van der Waals surface area contributed by atoms with Crippen molar-refractivity contribution in [1.82, 2.24) is 4.57 Å². The first-order valence-corrected chi connectivity index (χ1v) is 11.8. The van der Waals surface area contributed by atoms with Crippen molar-refractivity contribution in [1.29, 1.82) is 0 Å². The molecule has 0 unspecified atom stereocenters. The maximum absolute atomic E-state index is 12.4. The molecule has 8 heteroatoms. The minimum absolute atomic E-state index is 0.155. The van der Waals surface area contributed by atoms with Gasteiger partial charge < -0.3 is 4.57 Å². The summed E-state index contributed by atoms with van der Waals surface area (Å²) in [5.41, 5.74) is 1.95. The monoisotopic (exact) mass is 436 g/mol. The largest absolute Gasteiger partial charge is 0.316 e. The Morgan fingerprint density at radius 2 is 1.89 bits per heavy atom. The third-order valence-corrected chi connectivity index (χ3v) is 7.29. The SMILES string of the molecule is CCCn1c(=NC(=O)CCS(=O)(=O)c2ccc(C)cc2)sc2cc(Cl)ccc21. The highest BCUT2D eigenvalue weighted by Crippen LogP contribution is 2.22. The molecule has 0 saturated carbocycles. The Balaban J connectivity index is 1.84. The first-order valence-electron chi connectivity index (χ1n) is 8.96. The van der Waals surface area contributed by atoms with Gasteiger partial charge in [0.1, 0.15) is 0 Å². The normalized spacial score (nSPS) is 12.6. The fraction of sp³-hybridized carbons (Fsp3) is 0.300. The van der Waals surface area contributed by atoms with E-state index >= 15 is 0 Å². The quantitative estimate of drug-likeness (QED) is 0.576. The Morgan fingerprint density at radius 1 is 1.18 bits per heavy atom. The number of halogens is 1. The molecule has 0 radical (unpaired) electrons. The molecule has 0 atom stereocenters. The zero-order valence-corrected chi connectivity index (χ0v) is 18.1. The zero-order chi connectivity index (χ0) is 20.3. The van der Waals surface area contributed by atoms with Gasteiger partial charge in [-0.1, -0.05) is 47.6 Å². The summed E-state index contributed by atoms with van der Waals surface area (Å²) in [6, 6.07) is 12.2. The van der Waals surface area contributed by atoms with E-state index in [1.54, 1.807) is 24.3 Å². The Hall–Kier alpha value is -1.96. The average Bonchev–Trinajstić information content (AvgIpc) is 2.97. The van der Waals surface area contributed by atoms with Gasteiger partial charge in [-0.15, -0.1) is 0 Å². The molecule has 0 bridgehead atoms. The van der Waals surface area contributed by atoms with Gasteiger partial charge >= 0.3 is 0 Å². The molecule has 0 saturated heterocycles. The number of benzene rings is 2. The number of carbonyl (C=O) groups excluding carboxylic acids is 1. The fourth-order valence-electron chi connectivity index (χ4n) is 2.82. The third kappa shape index (κ3) is 4.71. The lowest BCUT2D eigenvalue weighted by atomic mass is 10.2. The number of aryl methyl sites for hydroxylation is 2. The molecule has 1 heterocycles. The summed E-state index contributed by atoms with van der Waals surface area (Å²) >= 11 is 7.44. The molecule has 0 aliphatic heterocycles. The zero-order valence-electron chi connectivity index (χ0n) is 15.7. The Kier molecular flexibility index (Phi) is 6.37. The molecule has 0 N–H and O–H groups in total. The van der Waals surface area contributed by atoms with Gasteiger partial charge in [0.15, 0.2) is 14.6 Å². The Labute approximate surface area is 173 Å². The average molecular weight is 437 g/mol. The van der Waals surface area contributed by atoms with Gasteiger partial charge in [0.05, 0.1) is 20.9 Å². The standard InChI is InChI=1S/C20H21ClN2O3S2/c1-3-11-23-17-9-6-15(21)13-18(17)27-20(23)22-19(24)10-12-28(25,26)16-7-4-14(2)5-8-16/h4-9,13H,3,10-12H2,1-2H3. The van der Waals surface area contributed by atoms with Crippen molar-refractivity contribution >= 4 is 48.9 Å². The van der Waals surface area contributed by atoms with E-state index < -0.39 is 15.7 Å². The number of aromatic nitrogens is 1. The maximum atomic E-state index is 12.4. The van der Waals surface area contributed by atoms with Crippen LogP contribution in [0.1, 0.15) is 25.3 Å². The van der Waals surface area contributed by atoms with Crippen molar-refractivity contribution in [3.8, 4) is 0 Å². The summed E-state index contributed by atoms with van der Waals surface area (Å²) in [5, 5.41) is 0.625. The van der Waals surface area contributed by atoms with E-state index in [0.717, 1.165) is 28.7 Å². The van der Waals surface area contributed by atoms with Crippen LogP contribution in [-0.2, 0) is 21.2 Å². The predicted molar refractivity (Wildman–Crippen MR) is 114 cm³/mol. The van der Waals surface area contributed by atoms with Crippen LogP contribution in [0.2, 0.25) is 5.02 Å². The molecule has 28 heavy (non-hydrogen) atoms. The second-order valence-electron chi connectivity index (χ2n) is 6.54. The van der Waals surface area contributed by atoms with Crippen molar-refractivity contribution in [2.24, 2.45) is 4.99 Å². The van der Waals surface area contributed by atoms with Crippen molar-refractivity contribution < 1.29 is 13.2 Å². The van der Waals surface area contributed by atoms with Crippen LogP contribution < -0.4 is 4.80 Å². The van der Waals surface area contributed by atoms with E-state index in [1.165, 1.54) is 11.3 Å². The minimum Gasteiger partial charge on any atom is -0.316 e. The predicted octanol–water partition coefficient (Wildman–Crippen LogP) is 4.37. The number of fused-ring (bicyclic) bond motifs is 1. The molecule has 3 rings (SSSR count). The van der Waals surface area contributed by atoms with E-state index in [4.69, 9.17) is 11.6 Å². The lowest BCUT2D eigenvalue weighted by molar-refractivity contribution is -0.117. The Bertz CT molecular complexity index is 1180. The topological polar surface area (TPSA) is 68.5 Å². The number of carbonyl (C=O) groups is 1. The summed E-state index contributed by atoms with van der Waals surface area (Å²) in [7, 11) is -3.52. The summed E-state index contributed by atoms with van der Waals surface area (Å²) < 4.78 is 27.8. The molecule has 1 amide bonds. The molecule has 148 valence electrons. The molecule has 1 aromatic heterocycles. The molecule has 0 aliphatic rings. The molecule has 0 spiro atoms. The van der Waals surface area contributed by atoms with Crippen molar-refractivity contribution in [2.45, 2.75) is 38.1 Å². The van der Waals surface area contributed by atoms with Gasteiger partial charge in [0.2, 0.25) is 5.91 Å². The van der Waals surface area contributed by atoms with Crippen LogP contribution >= 0.6 is 22.9 Å². The molecule has 5 nitrogen and oxygen atoms in total. The first-order chi connectivity index (χ1) is 13.3. The number of sulfone groups is 1. The van der Waals surface area contributed by atoms with Crippen LogP contribution in [0.3, 0.4) is 0 Å². The van der Waals surface area contributed by atoms with Crippen LogP contribution in [-0.4, -0.2) is 24.6 Å². The van der Waals surface area contributed by atoms with Gasteiger partial charge in [0.25, 0.3) is 0 Å². The van der Waals surface area contributed by atoms with E-state index in [9.17, 15) is 13.2 Å². The van der Waals surface area contributed by atoms with E-state index in [2.05, 4.69) is 4.99 Å². The number of amides is 1. The molecular weight excluding hydrogens is 416 g/mol. The Morgan fingerprint density at radius 3 is 2.57 bits per heavy atom. The highest BCUT2D eigenvalue weighted by molar-refractivity contribution is 7.91. The lowest BCUT2D eigenvalue weighted by Gasteiger charge is -2.04. The highest BCUT2D eigenvalue weighted by atomic mass is 35.5. The van der Waals surface area contributed by atoms with Crippen molar-refractivity contribution in [2.75, 3.05) is 5.75 Å². The molecule has 3 aromatic rings. The second-order valence-corrected chi connectivity index (χ2v) is 10.1. The summed E-state index contributed by atoms with van der Waals surface area (Å²) in [6.07, 6.45) is 0.731. The summed E-state index contributed by atoms with van der Waals surface area (Å²) in [5.74, 6) is -0.707. The van der Waals surface area contributed by atoms with Crippen molar-refractivity contribution in [3.63, 3.8) is 0 Å². The maximum Gasteiger partial charge on any atom is 0.249 e. The summed E-state index contributed by atoms with van der Waals surface area (Å²) in [4.78, 5) is 17.4. The molecule has 0 aliphatic carbocycles. The van der Waals surface area contributed by atoms with Crippen molar-refractivity contribution in [3.05, 3.63) is 57.9 Å².